The van der Waals surface area contributed by atoms with Gasteiger partial charge < -0.3 is 5.73 Å². The number of aryl methyl sites for hydroxylation is 2. The van der Waals surface area contributed by atoms with Crippen LogP contribution in [-0.2, 0) is 11.2 Å². The maximum absolute atomic E-state index is 12.0. The second-order valence-corrected chi connectivity index (χ2v) is 5.88. The van der Waals surface area contributed by atoms with Crippen molar-refractivity contribution in [3.63, 3.8) is 0 Å². The van der Waals surface area contributed by atoms with Gasteiger partial charge in [0.1, 0.15) is 10.8 Å². The highest BCUT2D eigenvalue weighted by Crippen LogP contribution is 2.27. The van der Waals surface area contributed by atoms with Crippen LogP contribution in [0, 0.1) is 19.8 Å². The molecule has 2 atom stereocenters. The molecular weight excluding hydrogens is 220 g/mol. The van der Waals surface area contributed by atoms with Crippen LogP contribution in [0.1, 0.15) is 34.8 Å². The van der Waals surface area contributed by atoms with Gasteiger partial charge in [-0.3, -0.25) is 4.79 Å². The monoisotopic (exact) mass is 238 g/mol. The Kier molecular flexibility index (Phi) is 3.40. The molecule has 2 N–H and O–H groups in total. The van der Waals surface area contributed by atoms with Crippen molar-refractivity contribution < 1.29 is 4.79 Å². The molecule has 1 fully saturated rings. The predicted octanol–water partition coefficient (Wildman–Crippen LogP) is 2.00. The minimum Gasteiger partial charge on any atom is -0.327 e. The molecule has 0 aliphatic heterocycles. The predicted molar refractivity (Wildman–Crippen MR) is 65.6 cm³/mol. The molecule has 0 saturated heterocycles. The molecule has 1 saturated carbocycles. The molecule has 0 spiro atoms. The highest BCUT2D eigenvalue weighted by molar-refractivity contribution is 7.11. The summed E-state index contributed by atoms with van der Waals surface area (Å²) < 4.78 is 0. The lowest BCUT2D eigenvalue weighted by molar-refractivity contribution is -0.122. The van der Waals surface area contributed by atoms with E-state index in [-0.39, 0.29) is 17.7 Å². The zero-order valence-corrected chi connectivity index (χ0v) is 10.6. The number of carbonyl (C=O) groups excluding carboxylic acids is 1. The Morgan fingerprint density at radius 1 is 1.50 bits per heavy atom. The third kappa shape index (κ3) is 2.33. The smallest absolute Gasteiger partial charge is 0.144 e. The summed E-state index contributed by atoms with van der Waals surface area (Å²) in [6.07, 6.45) is 3.51. The first kappa shape index (κ1) is 11.7. The summed E-state index contributed by atoms with van der Waals surface area (Å²) in [5.41, 5.74) is 6.98. The molecule has 1 aromatic heterocycles. The van der Waals surface area contributed by atoms with Crippen LogP contribution >= 0.6 is 11.3 Å². The average molecular weight is 238 g/mol. The number of nitrogens with zero attached hydrogens (tertiary/aromatic N) is 1. The highest BCUT2D eigenvalue weighted by atomic mass is 32.1. The fourth-order valence-corrected chi connectivity index (χ4v) is 3.23. The molecule has 1 heterocycles. The molecule has 0 radical (unpaired) electrons. The number of ketones is 1. The van der Waals surface area contributed by atoms with Crippen molar-refractivity contribution in [2.75, 3.05) is 0 Å². The Morgan fingerprint density at radius 2 is 2.25 bits per heavy atom. The second kappa shape index (κ2) is 4.63. The molecule has 4 heteroatoms. The number of aromatic nitrogens is 1. The van der Waals surface area contributed by atoms with E-state index in [4.69, 9.17) is 5.73 Å². The largest absolute Gasteiger partial charge is 0.327 e. The number of hydrogen-bond donors (Lipinski definition) is 1. The van der Waals surface area contributed by atoms with E-state index in [0.717, 1.165) is 30.0 Å². The van der Waals surface area contributed by atoms with Gasteiger partial charge in [0.15, 0.2) is 0 Å². The summed E-state index contributed by atoms with van der Waals surface area (Å²) in [6.45, 7) is 4.03. The number of Topliss-reactive ketones (excluding diaryl/α,β-unsaturated/α-hetero) is 1. The van der Waals surface area contributed by atoms with E-state index in [2.05, 4.69) is 4.98 Å². The highest BCUT2D eigenvalue weighted by Gasteiger charge is 2.30. The summed E-state index contributed by atoms with van der Waals surface area (Å²) in [5, 5.41) is 0.944. The van der Waals surface area contributed by atoms with Crippen LogP contribution in [-0.4, -0.2) is 16.8 Å². The van der Waals surface area contributed by atoms with Gasteiger partial charge >= 0.3 is 0 Å². The van der Waals surface area contributed by atoms with Gasteiger partial charge in [-0.1, -0.05) is 6.42 Å². The Hall–Kier alpha value is -0.740. The van der Waals surface area contributed by atoms with Crippen molar-refractivity contribution in [2.24, 2.45) is 11.7 Å². The van der Waals surface area contributed by atoms with Crippen LogP contribution in [0.25, 0.3) is 0 Å². The average Bonchev–Trinajstić information content (AvgIpc) is 2.74. The number of hydrogen-bond acceptors (Lipinski definition) is 4. The van der Waals surface area contributed by atoms with E-state index < -0.39 is 0 Å². The first-order chi connectivity index (χ1) is 7.58. The van der Waals surface area contributed by atoms with Gasteiger partial charge in [0.2, 0.25) is 0 Å². The maximum Gasteiger partial charge on any atom is 0.144 e. The van der Waals surface area contributed by atoms with Crippen LogP contribution in [0.3, 0.4) is 0 Å². The van der Waals surface area contributed by atoms with Crippen LogP contribution in [0.5, 0.6) is 0 Å². The van der Waals surface area contributed by atoms with Gasteiger partial charge in [0.05, 0.1) is 12.1 Å². The van der Waals surface area contributed by atoms with Gasteiger partial charge in [0, 0.05) is 16.8 Å². The first-order valence-corrected chi connectivity index (χ1v) is 6.61. The molecule has 1 aliphatic carbocycles. The van der Waals surface area contributed by atoms with E-state index >= 15 is 0 Å². The lowest BCUT2D eigenvalue weighted by Gasteiger charge is -2.12. The Labute approximate surface area is 100 Å². The molecular formula is C12H18N2OS. The SMILES string of the molecule is Cc1nc(CC(=O)C2CCCC2N)sc1C. The summed E-state index contributed by atoms with van der Waals surface area (Å²) in [4.78, 5) is 17.6. The molecule has 0 amide bonds. The summed E-state index contributed by atoms with van der Waals surface area (Å²) in [7, 11) is 0. The molecule has 2 unspecified atom stereocenters. The van der Waals surface area contributed by atoms with Crippen molar-refractivity contribution in [3.05, 3.63) is 15.6 Å². The number of carbonyl (C=O) groups is 1. The molecule has 1 aromatic rings. The standard InChI is InChI=1S/C12H18N2OS/c1-7-8(2)16-12(14-7)6-11(15)9-4-3-5-10(9)13/h9-10H,3-6,13H2,1-2H3. The van der Waals surface area contributed by atoms with Crippen LogP contribution in [0.4, 0.5) is 0 Å². The fourth-order valence-electron chi connectivity index (χ4n) is 2.28. The van der Waals surface area contributed by atoms with Crippen molar-refractivity contribution in [2.45, 2.75) is 45.6 Å². The molecule has 2 rings (SSSR count). The van der Waals surface area contributed by atoms with Crippen LogP contribution < -0.4 is 5.73 Å². The van der Waals surface area contributed by atoms with E-state index in [1.807, 2.05) is 13.8 Å². The third-order valence-corrected chi connectivity index (χ3v) is 4.45. The first-order valence-electron chi connectivity index (χ1n) is 5.79. The molecule has 88 valence electrons. The molecule has 1 aliphatic rings. The van der Waals surface area contributed by atoms with E-state index in [1.54, 1.807) is 11.3 Å². The normalized spacial score (nSPS) is 24.9. The summed E-state index contributed by atoms with van der Waals surface area (Å²) in [5.74, 6) is 0.350. The van der Waals surface area contributed by atoms with E-state index in [0.29, 0.717) is 6.42 Å². The maximum atomic E-state index is 12.0. The molecule has 0 aromatic carbocycles. The van der Waals surface area contributed by atoms with Crippen molar-refractivity contribution in [3.8, 4) is 0 Å². The molecule has 0 bridgehead atoms. The quantitative estimate of drug-likeness (QED) is 0.876. The minimum atomic E-state index is 0.0736. The van der Waals surface area contributed by atoms with Gasteiger partial charge in [-0.05, 0) is 26.7 Å². The van der Waals surface area contributed by atoms with Crippen LogP contribution in [0.15, 0.2) is 0 Å². The Morgan fingerprint density at radius 3 is 2.75 bits per heavy atom. The van der Waals surface area contributed by atoms with E-state index in [9.17, 15) is 4.79 Å². The van der Waals surface area contributed by atoms with Gasteiger partial charge in [0.25, 0.3) is 0 Å². The van der Waals surface area contributed by atoms with Gasteiger partial charge in [-0.25, -0.2) is 4.98 Å². The number of nitrogens with two attached hydrogens (primary N) is 1. The summed E-state index contributed by atoms with van der Waals surface area (Å²) in [6, 6.07) is 0.0784. The minimum absolute atomic E-state index is 0.0736. The second-order valence-electron chi connectivity index (χ2n) is 4.59. The zero-order chi connectivity index (χ0) is 11.7. The lowest BCUT2D eigenvalue weighted by Crippen LogP contribution is -2.31. The lowest BCUT2D eigenvalue weighted by atomic mass is 9.97. The van der Waals surface area contributed by atoms with E-state index in [1.165, 1.54) is 4.88 Å². The number of thiazole rings is 1. The number of rotatable bonds is 3. The zero-order valence-electron chi connectivity index (χ0n) is 9.82. The van der Waals surface area contributed by atoms with Crippen molar-refractivity contribution in [1.29, 1.82) is 0 Å². The topological polar surface area (TPSA) is 56.0 Å². The van der Waals surface area contributed by atoms with Crippen molar-refractivity contribution >= 4 is 17.1 Å². The fraction of sp³-hybridized carbons (Fsp3) is 0.667. The Balaban J connectivity index is 2.01. The van der Waals surface area contributed by atoms with Crippen molar-refractivity contribution in [1.82, 2.24) is 4.98 Å². The third-order valence-electron chi connectivity index (χ3n) is 3.38. The molecule has 3 nitrogen and oxygen atoms in total. The van der Waals surface area contributed by atoms with Crippen LogP contribution in [0.2, 0.25) is 0 Å². The summed E-state index contributed by atoms with van der Waals surface area (Å²) >= 11 is 1.63. The molecule has 16 heavy (non-hydrogen) atoms. The Bertz CT molecular complexity index is 380. The van der Waals surface area contributed by atoms with Gasteiger partial charge in [-0.15, -0.1) is 11.3 Å². The van der Waals surface area contributed by atoms with Gasteiger partial charge in [-0.2, -0.15) is 0 Å².